The van der Waals surface area contributed by atoms with Crippen LogP contribution in [0, 0.1) is 0 Å². The van der Waals surface area contributed by atoms with E-state index in [-0.39, 0.29) is 23.6 Å². The van der Waals surface area contributed by atoms with Gasteiger partial charge in [0, 0.05) is 29.6 Å². The first kappa shape index (κ1) is 27.5. The van der Waals surface area contributed by atoms with Crippen molar-refractivity contribution in [1.29, 1.82) is 0 Å². The highest BCUT2D eigenvalue weighted by Crippen LogP contribution is 2.44. The maximum atomic E-state index is 13.5. The van der Waals surface area contributed by atoms with Crippen molar-refractivity contribution >= 4 is 33.0 Å². The third-order valence-electron chi connectivity index (χ3n) is 6.16. The molecule has 38 heavy (non-hydrogen) atoms. The first-order valence-corrected chi connectivity index (χ1v) is 14.0. The highest BCUT2D eigenvalue weighted by molar-refractivity contribution is 7.86. The lowest BCUT2D eigenvalue weighted by atomic mass is 9.98. The van der Waals surface area contributed by atoms with Gasteiger partial charge in [0.25, 0.3) is 5.91 Å². The number of fused-ring (bicyclic) bond motifs is 2. The van der Waals surface area contributed by atoms with Crippen LogP contribution in [0.15, 0.2) is 30.3 Å². The van der Waals surface area contributed by atoms with Gasteiger partial charge in [0.05, 0.1) is 30.1 Å². The Labute approximate surface area is 222 Å². The first-order chi connectivity index (χ1) is 17.7. The maximum Gasteiger partial charge on any atom is 0.419 e. The number of hydrogen-bond acceptors (Lipinski definition) is 8. The van der Waals surface area contributed by atoms with Gasteiger partial charge >= 0.3 is 16.2 Å². The first-order valence-electron chi connectivity index (χ1n) is 12.2. The van der Waals surface area contributed by atoms with Crippen molar-refractivity contribution in [3.8, 4) is 22.8 Å². The zero-order chi connectivity index (χ0) is 28.0. The molecule has 0 unspecified atom stereocenters. The molecule has 2 heterocycles. The van der Waals surface area contributed by atoms with Crippen molar-refractivity contribution in [1.82, 2.24) is 14.8 Å². The van der Waals surface area contributed by atoms with Gasteiger partial charge < -0.3 is 23.9 Å². The number of nitrogens with zero attached hydrogens (tertiary/aromatic N) is 2. The van der Waals surface area contributed by atoms with Gasteiger partial charge in [0.15, 0.2) is 11.5 Å². The third kappa shape index (κ3) is 5.48. The summed E-state index contributed by atoms with van der Waals surface area (Å²) < 4.78 is 41.8. The number of aromatic nitrogens is 1. The lowest BCUT2D eigenvalue weighted by molar-refractivity contribution is 0.0546. The highest BCUT2D eigenvalue weighted by atomic mass is 32.2. The Morgan fingerprint density at radius 3 is 2.50 bits per heavy atom. The van der Waals surface area contributed by atoms with Crippen LogP contribution >= 0.6 is 0 Å². The Kier molecular flexibility index (Phi) is 7.19. The molecule has 0 saturated heterocycles. The molecule has 4 rings (SSSR count). The molecule has 1 aliphatic heterocycles. The van der Waals surface area contributed by atoms with E-state index in [0.29, 0.717) is 22.3 Å². The summed E-state index contributed by atoms with van der Waals surface area (Å²) in [6.45, 7) is 9.06. The molecular weight excluding hydrogens is 510 g/mol. The number of carbonyl (C=O) groups is 2. The van der Waals surface area contributed by atoms with E-state index in [1.165, 1.54) is 17.7 Å². The van der Waals surface area contributed by atoms with Gasteiger partial charge in [-0.25, -0.2) is 9.36 Å². The van der Waals surface area contributed by atoms with E-state index in [1.54, 1.807) is 20.8 Å². The molecular formula is C27H33N3O7S. The number of hydrogen-bond donors (Lipinski definition) is 1. The van der Waals surface area contributed by atoms with Crippen molar-refractivity contribution in [3.05, 3.63) is 47.0 Å². The molecule has 0 saturated carbocycles. The summed E-state index contributed by atoms with van der Waals surface area (Å²) >= 11 is 0. The average molecular weight is 544 g/mol. The van der Waals surface area contributed by atoms with E-state index in [9.17, 15) is 18.0 Å². The molecule has 1 aromatic heterocycles. The largest absolute Gasteiger partial charge is 0.493 e. The number of nitrogens with one attached hydrogen (secondary N) is 1. The monoisotopic (exact) mass is 543 g/mol. The van der Waals surface area contributed by atoms with Crippen LogP contribution in [0.4, 0.5) is 4.79 Å². The molecule has 0 aliphatic carbocycles. The molecule has 0 fully saturated rings. The fraction of sp³-hybridized carbons (Fsp3) is 0.407. The second-order valence-electron chi connectivity index (χ2n) is 10.3. The van der Waals surface area contributed by atoms with Gasteiger partial charge in [0.1, 0.15) is 5.60 Å². The van der Waals surface area contributed by atoms with Crippen LogP contribution in [0.1, 0.15) is 49.2 Å². The van der Waals surface area contributed by atoms with Gasteiger partial charge in [-0.2, -0.15) is 8.42 Å². The van der Waals surface area contributed by atoms with Crippen LogP contribution in [0.5, 0.6) is 11.5 Å². The van der Waals surface area contributed by atoms with Crippen LogP contribution in [0.25, 0.3) is 22.2 Å². The Bertz CT molecular complexity index is 1530. The molecule has 2 aromatic carbocycles. The molecule has 0 atom stereocenters. The minimum atomic E-state index is -3.91. The van der Waals surface area contributed by atoms with Gasteiger partial charge in [0.2, 0.25) is 0 Å². The summed E-state index contributed by atoms with van der Waals surface area (Å²) in [5, 5.41) is 3.52. The summed E-state index contributed by atoms with van der Waals surface area (Å²) in [5.74, 6) is -0.355. The Morgan fingerprint density at radius 2 is 1.89 bits per heavy atom. The van der Waals surface area contributed by atoms with E-state index in [0.717, 1.165) is 30.3 Å². The third-order valence-corrected chi connectivity index (χ3v) is 6.63. The van der Waals surface area contributed by atoms with Crippen molar-refractivity contribution in [2.75, 3.05) is 27.0 Å². The smallest absolute Gasteiger partial charge is 0.419 e. The molecule has 0 spiro atoms. The SMILES string of the molecule is CCN(C)Cc1ccc2c(c1)cc(-c1cc(OC)c(OS(C)(=O)=O)c3c1C(=O)NC3)n2C(=O)OC(C)(C)C. The fourth-order valence-corrected chi connectivity index (χ4v) is 4.95. The van der Waals surface area contributed by atoms with E-state index in [2.05, 4.69) is 17.1 Å². The van der Waals surface area contributed by atoms with Crippen molar-refractivity contribution in [2.45, 2.75) is 46.4 Å². The quantitative estimate of drug-likeness (QED) is 0.442. The van der Waals surface area contributed by atoms with E-state index < -0.39 is 27.7 Å². The van der Waals surface area contributed by atoms with Crippen LogP contribution in [0.2, 0.25) is 0 Å². The molecule has 0 radical (unpaired) electrons. The number of rotatable bonds is 7. The van der Waals surface area contributed by atoms with E-state index in [1.807, 2.05) is 31.3 Å². The van der Waals surface area contributed by atoms with Gasteiger partial charge in [-0.3, -0.25) is 4.79 Å². The van der Waals surface area contributed by atoms with Gasteiger partial charge in [-0.05, 0) is 64.2 Å². The average Bonchev–Trinajstić information content (AvgIpc) is 3.38. The number of methoxy groups -OCH3 is 1. The fourth-order valence-electron chi connectivity index (χ4n) is 4.46. The standard InChI is InChI=1S/C27H33N3O7S/c1-8-29(5)15-16-9-10-20-17(11-16)12-21(30(20)26(32)36-27(2,3)4)18-13-22(35-6)24(37-38(7,33)34)19-14-28-25(31)23(18)19/h9-13H,8,14-15H2,1-7H3,(H,28,31). The van der Waals surface area contributed by atoms with Crippen molar-refractivity contribution < 1.29 is 31.7 Å². The number of ether oxygens (including phenoxy) is 2. The Morgan fingerprint density at radius 1 is 1.18 bits per heavy atom. The van der Waals surface area contributed by atoms with Crippen molar-refractivity contribution in [3.63, 3.8) is 0 Å². The second kappa shape index (κ2) is 9.95. The molecule has 1 N–H and O–H groups in total. The molecule has 10 nitrogen and oxygen atoms in total. The van der Waals surface area contributed by atoms with Crippen LogP contribution in [-0.4, -0.2) is 62.4 Å². The predicted octanol–water partition coefficient (Wildman–Crippen LogP) is 4.13. The molecule has 0 bridgehead atoms. The topological polar surface area (TPSA) is 116 Å². The highest BCUT2D eigenvalue weighted by Gasteiger charge is 2.34. The molecule has 204 valence electrons. The van der Waals surface area contributed by atoms with E-state index in [4.69, 9.17) is 13.7 Å². The van der Waals surface area contributed by atoms with Crippen LogP contribution in [-0.2, 0) is 27.9 Å². The van der Waals surface area contributed by atoms with Crippen LogP contribution < -0.4 is 14.2 Å². The number of benzene rings is 2. The Balaban J connectivity index is 2.01. The summed E-state index contributed by atoms with van der Waals surface area (Å²) in [4.78, 5) is 28.7. The normalized spacial score (nSPS) is 13.5. The number of carbonyl (C=O) groups excluding carboxylic acids is 2. The molecule has 11 heteroatoms. The molecule has 3 aromatic rings. The van der Waals surface area contributed by atoms with Crippen LogP contribution in [0.3, 0.4) is 0 Å². The molecule has 1 amide bonds. The predicted molar refractivity (Wildman–Crippen MR) is 144 cm³/mol. The summed E-state index contributed by atoms with van der Waals surface area (Å²) in [7, 11) is -0.505. The lowest BCUT2D eigenvalue weighted by Gasteiger charge is -2.22. The Hall–Kier alpha value is -3.57. The summed E-state index contributed by atoms with van der Waals surface area (Å²) in [6, 6.07) is 9.17. The second-order valence-corrected chi connectivity index (χ2v) is 11.9. The zero-order valence-electron chi connectivity index (χ0n) is 22.7. The maximum absolute atomic E-state index is 13.5. The summed E-state index contributed by atoms with van der Waals surface area (Å²) in [6.07, 6.45) is 0.314. The van der Waals surface area contributed by atoms with Gasteiger partial charge in [-0.15, -0.1) is 0 Å². The van der Waals surface area contributed by atoms with Crippen molar-refractivity contribution in [2.24, 2.45) is 0 Å². The van der Waals surface area contributed by atoms with Gasteiger partial charge in [-0.1, -0.05) is 13.0 Å². The van der Waals surface area contributed by atoms with E-state index >= 15 is 0 Å². The minimum Gasteiger partial charge on any atom is -0.493 e. The zero-order valence-corrected chi connectivity index (χ0v) is 23.5. The summed E-state index contributed by atoms with van der Waals surface area (Å²) in [5.41, 5.74) is 2.25. The lowest BCUT2D eigenvalue weighted by Crippen LogP contribution is -2.27. The number of amides is 1. The molecule has 1 aliphatic rings. The minimum absolute atomic E-state index is 0.0450.